The van der Waals surface area contributed by atoms with Crippen LogP contribution in [0.4, 0.5) is 0 Å². The average molecular weight is 344 g/mol. The molecule has 0 saturated heterocycles. The van der Waals surface area contributed by atoms with E-state index in [-0.39, 0.29) is 71.3 Å². The van der Waals surface area contributed by atoms with Crippen molar-refractivity contribution in [2.24, 2.45) is 0 Å². The van der Waals surface area contributed by atoms with Gasteiger partial charge in [-0.2, -0.15) is 15.6 Å². The van der Waals surface area contributed by atoms with E-state index in [1.165, 1.54) is 0 Å². The van der Waals surface area contributed by atoms with Crippen molar-refractivity contribution < 1.29 is 72.1 Å². The van der Waals surface area contributed by atoms with Gasteiger partial charge in [0.1, 0.15) is 0 Å². The minimum Gasteiger partial charge on any atom is -0.822 e. The van der Waals surface area contributed by atoms with Crippen LogP contribution in [0.5, 0.6) is 0 Å². The van der Waals surface area contributed by atoms with Gasteiger partial charge in [0, 0.05) is 0 Å². The summed E-state index contributed by atoms with van der Waals surface area (Å²) in [4.78, 5) is 51.3. The summed E-state index contributed by atoms with van der Waals surface area (Å²) in [5.74, 6) is 0. The molecule has 0 spiro atoms. The van der Waals surface area contributed by atoms with Crippen molar-refractivity contribution in [2.75, 3.05) is 0 Å². The molecule has 0 heterocycles. The topological polar surface area (TPSA) is 172 Å². The molecule has 0 aromatic heterocycles. The van der Waals surface area contributed by atoms with E-state index in [2.05, 4.69) is 0 Å². The Morgan fingerprint density at radius 2 is 0.692 bits per heavy atom. The molecule has 8 nitrogen and oxygen atoms in total. The number of hydrogen-bond donors (Lipinski definition) is 0. The van der Waals surface area contributed by atoms with Crippen LogP contribution in [-0.2, 0) is 42.7 Å². The van der Waals surface area contributed by atoms with Gasteiger partial charge in [0.25, 0.3) is 0 Å². The van der Waals surface area contributed by atoms with Gasteiger partial charge in [0.05, 0.1) is 0 Å². The summed E-state index contributed by atoms with van der Waals surface area (Å²) in [6.45, 7) is 0. The summed E-state index contributed by atoms with van der Waals surface area (Å²) in [6, 6.07) is 0. The molecule has 0 fully saturated rings. The first-order chi connectivity index (χ1) is 4.00. The Balaban J connectivity index is -0.0000000267. The van der Waals surface area contributed by atoms with Crippen LogP contribution in [0.1, 0.15) is 0 Å². The molecule has 0 N–H and O–H groups in total. The fourth-order valence-electron chi connectivity index (χ4n) is 0. The van der Waals surface area contributed by atoms with Gasteiger partial charge in [-0.3, -0.25) is 0 Å². The van der Waals surface area contributed by atoms with Gasteiger partial charge < -0.3 is 38.5 Å². The van der Waals surface area contributed by atoms with Gasteiger partial charge in [-0.05, 0) is 0 Å². The van der Waals surface area contributed by atoms with E-state index in [1.54, 1.807) is 0 Å². The fourth-order valence-corrected chi connectivity index (χ4v) is 0. The van der Waals surface area contributed by atoms with Crippen LogP contribution in [0.15, 0.2) is 0 Å². The van der Waals surface area contributed by atoms with Crippen LogP contribution >= 0.6 is 15.6 Å². The molecule has 0 aromatic rings. The maximum atomic E-state index is 8.55. The third kappa shape index (κ3) is 364. The van der Waals surface area contributed by atoms with Crippen LogP contribution in [0.2, 0.25) is 0 Å². The number of phosphoric acid groups is 2. The molecule has 0 aromatic carbocycles. The van der Waals surface area contributed by atoms with Crippen LogP contribution in [0.3, 0.4) is 0 Å². The predicted octanol–water partition coefficient (Wildman–Crippen LogP) is -6.04. The van der Waals surface area contributed by atoms with E-state index < -0.39 is 15.6 Å². The first-order valence-electron chi connectivity index (χ1n) is 1.46. The molecule has 77 valence electrons. The maximum Gasteiger partial charge on any atom is 2.00 e. The molecule has 0 rings (SSSR count). The molecule has 0 atom stereocenters. The molecule has 1 radical (unpaired) electrons. The monoisotopic (exact) mass is 343 g/mol. The molecule has 13 heteroatoms. The van der Waals surface area contributed by atoms with Crippen LogP contribution in [0, 0.1) is 0 Å². The van der Waals surface area contributed by atoms with Crippen LogP contribution in [0.25, 0.3) is 0 Å². The maximum absolute atomic E-state index is 8.55. The first-order valence-corrected chi connectivity index (χ1v) is 4.38. The molecular formula is CaMnNiO8P2. The minimum atomic E-state index is -5.39. The van der Waals surface area contributed by atoms with Crippen molar-refractivity contribution in [3.05, 3.63) is 0 Å². The predicted molar refractivity (Wildman–Crippen MR) is 21.0 cm³/mol. The molecule has 0 aliphatic heterocycles. The van der Waals surface area contributed by atoms with E-state index in [0.717, 1.165) is 0 Å². The Morgan fingerprint density at radius 3 is 0.692 bits per heavy atom. The summed E-state index contributed by atoms with van der Waals surface area (Å²) in [5.41, 5.74) is 0. The van der Waals surface area contributed by atoms with Crippen molar-refractivity contribution in [2.45, 2.75) is 0 Å². The normalized spacial score (nSPS) is 9.08. The average Bonchev–Trinajstić information content (AvgIpc) is 1.12. The van der Waals surface area contributed by atoms with Crippen molar-refractivity contribution in [3.63, 3.8) is 0 Å². The second-order valence-corrected chi connectivity index (χ2v) is 2.68. The van der Waals surface area contributed by atoms with E-state index in [0.29, 0.717) is 0 Å². The SMILES string of the molecule is O=P([O-])([O-])[O-].O=P([O-])([O-])[O-].[Ca+2].[Mn+2].[Ni+2]. The van der Waals surface area contributed by atoms with Gasteiger partial charge >= 0.3 is 71.3 Å². The zero-order valence-corrected chi connectivity index (χ0v) is 11.7. The van der Waals surface area contributed by atoms with Crippen LogP contribution < -0.4 is 29.4 Å². The molecular weight excluding hydrogens is 344 g/mol. The van der Waals surface area contributed by atoms with Crippen molar-refractivity contribution in [1.29, 1.82) is 0 Å². The zero-order chi connectivity index (χ0) is 9.00. The summed E-state index contributed by atoms with van der Waals surface area (Å²) < 4.78 is 17.1. The molecule has 0 saturated carbocycles. The number of rotatable bonds is 0. The third-order valence-corrected chi connectivity index (χ3v) is 0. The number of hydrogen-bond acceptors (Lipinski definition) is 8. The Hall–Kier alpha value is 2.49. The quantitative estimate of drug-likeness (QED) is 0.308. The summed E-state index contributed by atoms with van der Waals surface area (Å²) in [7, 11) is -10.8. The molecule has 0 aliphatic rings. The molecule has 13 heavy (non-hydrogen) atoms. The fraction of sp³-hybridized carbons (Fsp3) is 0. The Bertz CT molecular complexity index is 134. The molecule has 0 bridgehead atoms. The Kier molecular flexibility index (Phi) is 28.6. The van der Waals surface area contributed by atoms with Crippen molar-refractivity contribution >= 4 is 53.4 Å². The van der Waals surface area contributed by atoms with Gasteiger partial charge in [-0.25, -0.2) is 0 Å². The summed E-state index contributed by atoms with van der Waals surface area (Å²) >= 11 is 0. The molecule has 0 amide bonds. The second-order valence-electron chi connectivity index (χ2n) is 0.894. The van der Waals surface area contributed by atoms with E-state index in [9.17, 15) is 0 Å². The third-order valence-electron chi connectivity index (χ3n) is 0. The van der Waals surface area contributed by atoms with E-state index in [4.69, 9.17) is 38.5 Å². The largest absolute Gasteiger partial charge is 2.00 e. The van der Waals surface area contributed by atoms with Gasteiger partial charge in [0.15, 0.2) is 0 Å². The minimum absolute atomic E-state index is 0. The van der Waals surface area contributed by atoms with Gasteiger partial charge in [-0.1, -0.05) is 0 Å². The standard InChI is InChI=1S/Ca.Mn.Ni.2H3O4P/c;;;2*1-5(2,3)4/h;;;2*(H3,1,2,3,4)/q3*+2;;/p-6. The van der Waals surface area contributed by atoms with Crippen LogP contribution in [-0.4, -0.2) is 37.7 Å². The Morgan fingerprint density at radius 1 is 0.692 bits per heavy atom. The smallest absolute Gasteiger partial charge is 0.822 e. The summed E-state index contributed by atoms with van der Waals surface area (Å²) in [5, 5.41) is 0. The van der Waals surface area contributed by atoms with Crippen molar-refractivity contribution in [3.8, 4) is 0 Å². The van der Waals surface area contributed by atoms with E-state index >= 15 is 0 Å². The first kappa shape index (κ1) is 29.6. The molecule has 0 aliphatic carbocycles. The van der Waals surface area contributed by atoms with E-state index in [1.807, 2.05) is 0 Å². The van der Waals surface area contributed by atoms with Gasteiger partial charge in [0.2, 0.25) is 0 Å². The second kappa shape index (κ2) is 12.6. The summed E-state index contributed by atoms with van der Waals surface area (Å²) in [6.07, 6.45) is 0. The Labute approximate surface area is 124 Å². The zero-order valence-electron chi connectivity index (χ0n) is 5.56. The van der Waals surface area contributed by atoms with Gasteiger partial charge in [-0.15, -0.1) is 0 Å². The van der Waals surface area contributed by atoms with Crippen molar-refractivity contribution in [1.82, 2.24) is 0 Å². The molecule has 0 unspecified atom stereocenters.